The molecule has 0 bridgehead atoms. The zero-order valence-corrected chi connectivity index (χ0v) is 21.7. The number of aryl methyl sites for hydroxylation is 1. The standard InChI is InChI=1S/C21H40N2.C4H10O3S.FH/c1-2-3-4-5-6-7-8-9-10-11-12-13-14-15-16-17-19-23-20-18-22-21-23;1-2-3-4-8(5,6)7;/h18,20-21H,2-17,19H2,1H3;2-4H2,1H3,(H,5,6,7);1H. The predicted molar refractivity (Wildman–Crippen MR) is 136 cm³/mol. The number of aromatic nitrogens is 2. The third kappa shape index (κ3) is 27.1. The van der Waals surface area contributed by atoms with Crippen LogP contribution in [0.4, 0.5) is 4.70 Å². The molecular formula is C25H51FN2O3S. The van der Waals surface area contributed by atoms with Gasteiger partial charge in [0, 0.05) is 18.9 Å². The van der Waals surface area contributed by atoms with Crippen LogP contribution in [-0.2, 0) is 16.7 Å². The summed E-state index contributed by atoms with van der Waals surface area (Å²) in [6, 6.07) is 0. The zero-order chi connectivity index (χ0) is 23.0. The number of hydrogen-bond acceptors (Lipinski definition) is 3. The van der Waals surface area contributed by atoms with Crippen LogP contribution in [0, 0.1) is 0 Å². The van der Waals surface area contributed by atoms with Gasteiger partial charge in [-0.1, -0.05) is 117 Å². The van der Waals surface area contributed by atoms with Crippen LogP contribution in [0.1, 0.15) is 129 Å². The average molecular weight is 479 g/mol. The maximum atomic E-state index is 9.95. The van der Waals surface area contributed by atoms with E-state index in [2.05, 4.69) is 22.7 Å². The largest absolute Gasteiger partial charge is 0.337 e. The minimum absolute atomic E-state index is 0. The lowest BCUT2D eigenvalue weighted by molar-refractivity contribution is 0.480. The molecule has 0 saturated carbocycles. The molecule has 32 heavy (non-hydrogen) atoms. The quantitative estimate of drug-likeness (QED) is 0.152. The van der Waals surface area contributed by atoms with Crippen molar-refractivity contribution in [2.45, 2.75) is 136 Å². The van der Waals surface area contributed by atoms with E-state index in [1.165, 1.54) is 103 Å². The number of halogens is 1. The molecule has 1 aromatic rings. The average Bonchev–Trinajstić information content (AvgIpc) is 3.25. The summed E-state index contributed by atoms with van der Waals surface area (Å²) in [7, 11) is -3.69. The zero-order valence-electron chi connectivity index (χ0n) is 20.8. The maximum absolute atomic E-state index is 9.95. The van der Waals surface area contributed by atoms with Crippen LogP contribution in [0.2, 0.25) is 0 Å². The second kappa shape index (κ2) is 24.7. The van der Waals surface area contributed by atoms with Crippen LogP contribution in [0.5, 0.6) is 0 Å². The molecule has 5 nitrogen and oxygen atoms in total. The van der Waals surface area contributed by atoms with Crippen molar-refractivity contribution in [3.63, 3.8) is 0 Å². The predicted octanol–water partition coefficient (Wildman–Crippen LogP) is 7.97. The molecule has 1 heterocycles. The highest BCUT2D eigenvalue weighted by Crippen LogP contribution is 2.13. The summed E-state index contributed by atoms with van der Waals surface area (Å²) >= 11 is 0. The second-order valence-electron chi connectivity index (χ2n) is 8.74. The fraction of sp³-hybridized carbons (Fsp3) is 0.880. The fourth-order valence-electron chi connectivity index (χ4n) is 3.59. The monoisotopic (exact) mass is 478 g/mol. The van der Waals surface area contributed by atoms with E-state index in [4.69, 9.17) is 4.55 Å². The second-order valence-corrected chi connectivity index (χ2v) is 10.3. The molecule has 192 valence electrons. The van der Waals surface area contributed by atoms with Crippen LogP contribution < -0.4 is 0 Å². The first-order valence-electron chi connectivity index (χ1n) is 12.9. The van der Waals surface area contributed by atoms with Gasteiger partial charge >= 0.3 is 0 Å². The molecule has 0 fully saturated rings. The third-order valence-corrected chi connectivity index (χ3v) is 6.39. The molecule has 0 radical (unpaired) electrons. The van der Waals surface area contributed by atoms with E-state index in [0.29, 0.717) is 6.42 Å². The van der Waals surface area contributed by atoms with Crippen LogP contribution in [-0.4, -0.2) is 28.3 Å². The van der Waals surface area contributed by atoms with Gasteiger partial charge in [0.1, 0.15) is 0 Å². The minimum atomic E-state index is -3.69. The van der Waals surface area contributed by atoms with Crippen molar-refractivity contribution >= 4 is 10.1 Å². The number of imidazole rings is 1. The van der Waals surface area contributed by atoms with Crippen LogP contribution in [0.25, 0.3) is 0 Å². The van der Waals surface area contributed by atoms with Crippen LogP contribution in [0.3, 0.4) is 0 Å². The van der Waals surface area contributed by atoms with Crippen LogP contribution >= 0.6 is 0 Å². The number of unbranched alkanes of at least 4 members (excludes halogenated alkanes) is 16. The number of rotatable bonds is 20. The number of nitrogens with zero attached hydrogens (tertiary/aromatic N) is 2. The minimum Gasteiger partial charge on any atom is -0.337 e. The lowest BCUT2D eigenvalue weighted by Gasteiger charge is -2.04. The van der Waals surface area contributed by atoms with Gasteiger partial charge in [-0.05, 0) is 12.8 Å². The maximum Gasteiger partial charge on any atom is 0.264 e. The summed E-state index contributed by atoms with van der Waals surface area (Å²) in [5, 5.41) is 0. The highest BCUT2D eigenvalue weighted by Gasteiger charge is 2.00. The van der Waals surface area contributed by atoms with Crippen molar-refractivity contribution in [1.29, 1.82) is 0 Å². The summed E-state index contributed by atoms with van der Waals surface area (Å²) in [6.07, 6.45) is 30.1. The molecule has 0 amide bonds. The molecule has 1 aromatic heterocycles. The molecule has 0 atom stereocenters. The van der Waals surface area contributed by atoms with Crippen molar-refractivity contribution in [1.82, 2.24) is 9.55 Å². The van der Waals surface area contributed by atoms with Gasteiger partial charge in [-0.3, -0.25) is 9.26 Å². The van der Waals surface area contributed by atoms with E-state index >= 15 is 0 Å². The molecule has 0 aromatic carbocycles. The molecule has 0 aliphatic carbocycles. The number of hydrogen-bond donors (Lipinski definition) is 1. The lowest BCUT2D eigenvalue weighted by Crippen LogP contribution is -2.02. The van der Waals surface area contributed by atoms with E-state index < -0.39 is 10.1 Å². The Balaban J connectivity index is 0. The Kier molecular flexibility index (Phi) is 25.6. The van der Waals surface area contributed by atoms with Gasteiger partial charge in [-0.15, -0.1) is 0 Å². The summed E-state index contributed by atoms with van der Waals surface area (Å²) in [4.78, 5) is 4.08. The first kappa shape index (κ1) is 33.2. The van der Waals surface area contributed by atoms with Crippen LogP contribution in [0.15, 0.2) is 18.7 Å². The van der Waals surface area contributed by atoms with Crippen molar-refractivity contribution in [2.24, 2.45) is 0 Å². The first-order chi connectivity index (χ1) is 15.0. The smallest absolute Gasteiger partial charge is 0.264 e. The van der Waals surface area contributed by atoms with Gasteiger partial charge < -0.3 is 4.57 Å². The van der Waals surface area contributed by atoms with Gasteiger partial charge in [0.2, 0.25) is 0 Å². The van der Waals surface area contributed by atoms with Crippen molar-refractivity contribution in [3.8, 4) is 0 Å². The summed E-state index contributed by atoms with van der Waals surface area (Å²) < 4.78 is 30.2. The van der Waals surface area contributed by atoms with E-state index in [9.17, 15) is 8.42 Å². The first-order valence-corrected chi connectivity index (χ1v) is 14.5. The van der Waals surface area contributed by atoms with Gasteiger partial charge in [0.05, 0.1) is 12.1 Å². The molecule has 0 unspecified atom stereocenters. The molecule has 1 N–H and O–H groups in total. The highest BCUT2D eigenvalue weighted by atomic mass is 32.2. The van der Waals surface area contributed by atoms with E-state index in [0.717, 1.165) is 13.0 Å². The Morgan fingerprint density at radius 2 is 1.09 bits per heavy atom. The molecule has 0 aliphatic heterocycles. The van der Waals surface area contributed by atoms with Gasteiger partial charge in [0.15, 0.2) is 0 Å². The molecule has 7 heteroatoms. The van der Waals surface area contributed by atoms with Gasteiger partial charge in [-0.25, -0.2) is 4.98 Å². The van der Waals surface area contributed by atoms with Crippen molar-refractivity contribution in [2.75, 3.05) is 5.75 Å². The summed E-state index contributed by atoms with van der Waals surface area (Å²) in [5.74, 6) is -0.108. The Morgan fingerprint density at radius 3 is 1.41 bits per heavy atom. The SMILES string of the molecule is CCCCCCCCCCCCCCCCCCn1ccnc1.CCCCS(=O)(=O)O.F. The Morgan fingerprint density at radius 1 is 0.688 bits per heavy atom. The van der Waals surface area contributed by atoms with Crippen molar-refractivity contribution in [3.05, 3.63) is 18.7 Å². The van der Waals surface area contributed by atoms with E-state index in [1.54, 1.807) is 0 Å². The Bertz CT molecular complexity index is 566. The third-order valence-electron chi connectivity index (χ3n) is 5.58. The topological polar surface area (TPSA) is 72.2 Å². The molecule has 1 rings (SSSR count). The fourth-order valence-corrected chi connectivity index (χ4v) is 4.24. The highest BCUT2D eigenvalue weighted by molar-refractivity contribution is 7.85. The Labute approximate surface area is 197 Å². The molecule has 0 aliphatic rings. The Hall–Kier alpha value is -0.950. The van der Waals surface area contributed by atoms with Gasteiger partial charge in [0.25, 0.3) is 10.1 Å². The summed E-state index contributed by atoms with van der Waals surface area (Å²) in [5.41, 5.74) is 0. The molecule has 0 saturated heterocycles. The van der Waals surface area contributed by atoms with E-state index in [1.807, 2.05) is 19.4 Å². The van der Waals surface area contributed by atoms with E-state index in [-0.39, 0.29) is 10.5 Å². The molecular weight excluding hydrogens is 427 g/mol. The van der Waals surface area contributed by atoms with Gasteiger partial charge in [-0.2, -0.15) is 8.42 Å². The molecule has 0 spiro atoms. The van der Waals surface area contributed by atoms with Crippen molar-refractivity contribution < 1.29 is 17.7 Å². The normalized spacial score (nSPS) is 11.0. The summed E-state index contributed by atoms with van der Waals surface area (Å²) in [6.45, 7) is 5.30. The lowest BCUT2D eigenvalue weighted by atomic mass is 10.0.